The molecule has 4 heteroatoms. The third-order valence-electron chi connectivity index (χ3n) is 4.22. The fourth-order valence-electron chi connectivity index (χ4n) is 2.67. The molecule has 0 unspecified atom stereocenters. The van der Waals surface area contributed by atoms with E-state index < -0.39 is 0 Å². The molecule has 0 aromatic carbocycles. The number of likely N-dealkylation sites (tertiary alicyclic amines) is 1. The molecule has 0 aliphatic carbocycles. The van der Waals surface area contributed by atoms with Gasteiger partial charge in [0.2, 0.25) is 5.91 Å². The molecule has 1 amide bonds. The van der Waals surface area contributed by atoms with Crippen LogP contribution in [0, 0.1) is 5.92 Å². The van der Waals surface area contributed by atoms with Crippen molar-refractivity contribution in [3.8, 4) is 0 Å². The Morgan fingerprint density at radius 3 is 2.37 bits per heavy atom. The third kappa shape index (κ3) is 6.39. The molecule has 1 aliphatic heterocycles. The van der Waals surface area contributed by atoms with Gasteiger partial charge in [-0.05, 0) is 57.8 Å². The van der Waals surface area contributed by atoms with Crippen molar-refractivity contribution in [3.05, 3.63) is 0 Å². The molecule has 4 nitrogen and oxygen atoms in total. The zero-order valence-electron chi connectivity index (χ0n) is 12.9. The Bertz CT molecular complexity index is 246. The topological polar surface area (TPSA) is 44.4 Å². The van der Waals surface area contributed by atoms with E-state index in [1.165, 1.54) is 25.9 Å². The number of amides is 1. The summed E-state index contributed by atoms with van der Waals surface area (Å²) in [6.07, 6.45) is 4.54. The van der Waals surface area contributed by atoms with Crippen molar-refractivity contribution in [3.63, 3.8) is 0 Å². The molecule has 19 heavy (non-hydrogen) atoms. The fraction of sp³-hybridized carbons (Fsp3) is 0.933. The average Bonchev–Trinajstić information content (AvgIpc) is 2.45. The summed E-state index contributed by atoms with van der Waals surface area (Å²) in [7, 11) is 0. The Balaban J connectivity index is 2.08. The molecule has 0 aromatic rings. The van der Waals surface area contributed by atoms with Crippen LogP contribution in [0.15, 0.2) is 0 Å². The Hall–Kier alpha value is -0.610. The van der Waals surface area contributed by atoms with Gasteiger partial charge in [-0.1, -0.05) is 20.8 Å². The minimum absolute atomic E-state index is 0.139. The summed E-state index contributed by atoms with van der Waals surface area (Å²) in [5.74, 6) is 0.878. The fourth-order valence-corrected chi connectivity index (χ4v) is 2.67. The molecular weight excluding hydrogens is 238 g/mol. The van der Waals surface area contributed by atoms with Crippen LogP contribution in [0.5, 0.6) is 0 Å². The van der Waals surface area contributed by atoms with Gasteiger partial charge in [-0.2, -0.15) is 0 Å². The van der Waals surface area contributed by atoms with Crippen molar-refractivity contribution >= 4 is 5.91 Å². The van der Waals surface area contributed by atoms with Crippen molar-refractivity contribution < 1.29 is 4.79 Å². The van der Waals surface area contributed by atoms with E-state index in [2.05, 4.69) is 36.3 Å². The van der Waals surface area contributed by atoms with E-state index in [9.17, 15) is 4.79 Å². The van der Waals surface area contributed by atoms with Crippen molar-refractivity contribution in [1.29, 1.82) is 0 Å². The molecule has 1 fully saturated rings. The Morgan fingerprint density at radius 1 is 1.21 bits per heavy atom. The molecule has 0 radical (unpaired) electrons. The van der Waals surface area contributed by atoms with Crippen LogP contribution in [0.1, 0.15) is 46.5 Å². The normalized spacial score (nSPS) is 17.9. The summed E-state index contributed by atoms with van der Waals surface area (Å²) in [4.78, 5) is 14.2. The second-order valence-corrected chi connectivity index (χ2v) is 5.59. The van der Waals surface area contributed by atoms with E-state index >= 15 is 0 Å². The van der Waals surface area contributed by atoms with Crippen LogP contribution in [0.25, 0.3) is 0 Å². The highest BCUT2D eigenvalue weighted by Gasteiger charge is 2.17. The summed E-state index contributed by atoms with van der Waals surface area (Å²) in [6, 6.07) is 0.335. The molecule has 1 aliphatic rings. The summed E-state index contributed by atoms with van der Waals surface area (Å²) in [5, 5.41) is 6.37. The quantitative estimate of drug-likeness (QED) is 0.704. The first kappa shape index (κ1) is 16.4. The first-order valence-corrected chi connectivity index (χ1v) is 7.91. The van der Waals surface area contributed by atoms with Crippen molar-refractivity contribution in [1.82, 2.24) is 15.5 Å². The molecule has 1 heterocycles. The summed E-state index contributed by atoms with van der Waals surface area (Å²) < 4.78 is 0. The lowest BCUT2D eigenvalue weighted by Crippen LogP contribution is -2.42. The van der Waals surface area contributed by atoms with Crippen LogP contribution in [0.2, 0.25) is 0 Å². The van der Waals surface area contributed by atoms with Gasteiger partial charge in [0, 0.05) is 6.04 Å². The smallest absolute Gasteiger partial charge is 0.234 e. The van der Waals surface area contributed by atoms with Gasteiger partial charge in [-0.25, -0.2) is 0 Å². The maximum atomic E-state index is 11.7. The predicted molar refractivity (Wildman–Crippen MR) is 80.2 cm³/mol. The van der Waals surface area contributed by atoms with Crippen molar-refractivity contribution in [2.75, 3.05) is 32.7 Å². The van der Waals surface area contributed by atoms with Crippen LogP contribution in [-0.2, 0) is 4.79 Å². The lowest BCUT2D eigenvalue weighted by Gasteiger charge is -2.31. The minimum Gasteiger partial charge on any atom is -0.352 e. The number of carbonyl (C=O) groups excluding carboxylic acids is 1. The van der Waals surface area contributed by atoms with Crippen LogP contribution in [-0.4, -0.2) is 49.6 Å². The van der Waals surface area contributed by atoms with Crippen LogP contribution in [0.3, 0.4) is 0 Å². The number of hydrogen-bond acceptors (Lipinski definition) is 3. The number of hydrogen-bond donors (Lipinski definition) is 2. The maximum Gasteiger partial charge on any atom is 0.234 e. The maximum absolute atomic E-state index is 11.7. The van der Waals surface area contributed by atoms with Crippen LogP contribution in [0.4, 0.5) is 0 Å². The molecule has 0 atom stereocenters. The van der Waals surface area contributed by atoms with E-state index in [0.717, 1.165) is 31.8 Å². The Morgan fingerprint density at radius 2 is 1.84 bits per heavy atom. The summed E-state index contributed by atoms with van der Waals surface area (Å²) in [6.45, 7) is 11.5. The molecule has 0 aromatic heterocycles. The van der Waals surface area contributed by atoms with Gasteiger partial charge in [0.1, 0.15) is 0 Å². The second-order valence-electron chi connectivity index (χ2n) is 5.59. The predicted octanol–water partition coefficient (Wildman–Crippen LogP) is 1.61. The SMILES string of the molecule is CCC(CC)NC(=O)CNCC1CCN(CC)CC1. The standard InChI is InChI=1S/C15H31N3O/c1-4-14(5-2)17-15(19)12-16-11-13-7-9-18(6-3)10-8-13/h13-14,16H,4-12H2,1-3H3,(H,17,19). The Kier molecular flexibility index (Phi) is 8.07. The van der Waals surface area contributed by atoms with Crippen molar-refractivity contribution in [2.24, 2.45) is 5.92 Å². The van der Waals surface area contributed by atoms with Gasteiger partial charge in [0.05, 0.1) is 6.54 Å². The molecule has 2 N–H and O–H groups in total. The number of piperidine rings is 1. The van der Waals surface area contributed by atoms with Gasteiger partial charge in [-0.15, -0.1) is 0 Å². The largest absolute Gasteiger partial charge is 0.352 e. The number of carbonyl (C=O) groups is 1. The number of rotatable bonds is 8. The third-order valence-corrected chi connectivity index (χ3v) is 4.22. The molecule has 112 valence electrons. The minimum atomic E-state index is 0.139. The van der Waals surface area contributed by atoms with E-state index in [1.807, 2.05) is 0 Å². The highest BCUT2D eigenvalue weighted by molar-refractivity contribution is 5.78. The van der Waals surface area contributed by atoms with E-state index in [4.69, 9.17) is 0 Å². The first-order valence-electron chi connectivity index (χ1n) is 7.91. The molecule has 0 spiro atoms. The molecule has 0 bridgehead atoms. The molecule has 0 saturated carbocycles. The second kappa shape index (κ2) is 9.32. The Labute approximate surface area is 118 Å². The zero-order valence-corrected chi connectivity index (χ0v) is 12.9. The first-order chi connectivity index (χ1) is 9.19. The van der Waals surface area contributed by atoms with Crippen LogP contribution < -0.4 is 10.6 Å². The highest BCUT2D eigenvalue weighted by atomic mass is 16.1. The van der Waals surface area contributed by atoms with Gasteiger partial charge >= 0.3 is 0 Å². The van der Waals surface area contributed by atoms with Gasteiger partial charge < -0.3 is 15.5 Å². The average molecular weight is 269 g/mol. The summed E-state index contributed by atoms with van der Waals surface area (Å²) in [5.41, 5.74) is 0. The molecule has 1 rings (SSSR count). The van der Waals surface area contributed by atoms with Gasteiger partial charge in [0.15, 0.2) is 0 Å². The van der Waals surface area contributed by atoms with Crippen LogP contribution >= 0.6 is 0 Å². The van der Waals surface area contributed by atoms with E-state index in [1.54, 1.807) is 0 Å². The van der Waals surface area contributed by atoms with Crippen molar-refractivity contribution in [2.45, 2.75) is 52.5 Å². The number of nitrogens with one attached hydrogen (secondary N) is 2. The lowest BCUT2D eigenvalue weighted by molar-refractivity contribution is -0.121. The zero-order chi connectivity index (χ0) is 14.1. The number of nitrogens with zero attached hydrogens (tertiary/aromatic N) is 1. The monoisotopic (exact) mass is 269 g/mol. The summed E-state index contributed by atoms with van der Waals surface area (Å²) >= 11 is 0. The highest BCUT2D eigenvalue weighted by Crippen LogP contribution is 2.15. The van der Waals surface area contributed by atoms with E-state index in [-0.39, 0.29) is 5.91 Å². The van der Waals surface area contributed by atoms with Gasteiger partial charge in [0.25, 0.3) is 0 Å². The molecule has 1 saturated heterocycles. The van der Waals surface area contributed by atoms with Gasteiger partial charge in [-0.3, -0.25) is 4.79 Å². The lowest BCUT2D eigenvalue weighted by atomic mass is 9.97. The van der Waals surface area contributed by atoms with E-state index in [0.29, 0.717) is 12.6 Å². The molecular formula is C15H31N3O.